The Kier molecular flexibility index (Phi) is 7.59. The summed E-state index contributed by atoms with van der Waals surface area (Å²) in [6.07, 6.45) is 9.05. The van der Waals surface area contributed by atoms with E-state index in [-0.39, 0.29) is 23.6 Å². The van der Waals surface area contributed by atoms with Crippen molar-refractivity contribution >= 4 is 41.0 Å². The minimum Gasteiger partial charge on any atom is -0.353 e. The van der Waals surface area contributed by atoms with Gasteiger partial charge in [-0.2, -0.15) is 0 Å². The number of halogens is 1. The number of aromatic nitrogens is 2. The van der Waals surface area contributed by atoms with Gasteiger partial charge in [-0.3, -0.25) is 9.59 Å². The molecule has 31 heavy (non-hydrogen) atoms. The van der Waals surface area contributed by atoms with Gasteiger partial charge >= 0.3 is 0 Å². The lowest BCUT2D eigenvalue weighted by atomic mass is 10.0. The number of thioether (sulfide) groups is 1. The summed E-state index contributed by atoms with van der Waals surface area (Å²) in [4.78, 5) is 37.8. The fourth-order valence-corrected chi connectivity index (χ4v) is 5.44. The van der Waals surface area contributed by atoms with Gasteiger partial charge in [-0.1, -0.05) is 49.0 Å². The molecular formula is C22H32ClN5O2S. The van der Waals surface area contributed by atoms with Crippen LogP contribution in [0.2, 0.25) is 5.15 Å². The van der Waals surface area contributed by atoms with Crippen LogP contribution in [0.25, 0.3) is 0 Å². The van der Waals surface area contributed by atoms with Gasteiger partial charge < -0.3 is 15.1 Å². The molecule has 1 aliphatic heterocycles. The van der Waals surface area contributed by atoms with Gasteiger partial charge in [0.2, 0.25) is 11.8 Å². The summed E-state index contributed by atoms with van der Waals surface area (Å²) in [7, 11) is 0. The maximum atomic E-state index is 12.8. The van der Waals surface area contributed by atoms with E-state index in [1.165, 1.54) is 37.4 Å². The molecule has 9 heteroatoms. The Labute approximate surface area is 193 Å². The number of carbonyl (C=O) groups excluding carboxylic acids is 2. The zero-order valence-electron chi connectivity index (χ0n) is 18.2. The lowest BCUT2D eigenvalue weighted by Crippen LogP contribution is -2.54. The summed E-state index contributed by atoms with van der Waals surface area (Å²) in [5.41, 5.74) is 0. The van der Waals surface area contributed by atoms with Gasteiger partial charge in [0, 0.05) is 44.2 Å². The molecule has 0 bridgehead atoms. The van der Waals surface area contributed by atoms with Crippen molar-refractivity contribution in [3.63, 3.8) is 0 Å². The summed E-state index contributed by atoms with van der Waals surface area (Å²) in [6.45, 7) is 4.23. The number of amides is 2. The molecule has 2 heterocycles. The first-order valence-corrected chi connectivity index (χ1v) is 12.9. The number of piperazine rings is 1. The van der Waals surface area contributed by atoms with Crippen molar-refractivity contribution < 1.29 is 9.59 Å². The molecule has 3 aliphatic rings. The lowest BCUT2D eigenvalue weighted by Gasteiger charge is -2.40. The summed E-state index contributed by atoms with van der Waals surface area (Å²) < 4.78 is 0. The number of nitrogens with one attached hydrogen (secondary N) is 1. The maximum Gasteiger partial charge on any atom is 0.230 e. The number of rotatable bonds is 8. The molecule has 1 saturated heterocycles. The van der Waals surface area contributed by atoms with Crippen molar-refractivity contribution in [3.05, 3.63) is 11.2 Å². The summed E-state index contributed by atoms with van der Waals surface area (Å²) in [5, 5.41) is 3.85. The Balaban J connectivity index is 1.29. The van der Waals surface area contributed by atoms with Crippen molar-refractivity contribution in [2.45, 2.75) is 75.5 Å². The molecule has 0 aromatic carbocycles. The van der Waals surface area contributed by atoms with E-state index in [4.69, 9.17) is 11.6 Å². The van der Waals surface area contributed by atoms with Crippen LogP contribution in [0, 0.1) is 5.92 Å². The zero-order valence-corrected chi connectivity index (χ0v) is 19.8. The molecule has 2 saturated carbocycles. The molecule has 170 valence electrons. The third kappa shape index (κ3) is 6.48. The molecule has 1 N–H and O–H groups in total. The van der Waals surface area contributed by atoms with E-state index in [0.717, 1.165) is 44.1 Å². The topological polar surface area (TPSA) is 78.4 Å². The van der Waals surface area contributed by atoms with Crippen molar-refractivity contribution in [1.29, 1.82) is 0 Å². The highest BCUT2D eigenvalue weighted by Gasteiger charge is 2.29. The first kappa shape index (κ1) is 22.6. The SMILES string of the molecule is CC1CN(c2cc(Cl)nc(SCC(=O)NC3CC3)n2)CCN1C(=O)CCC1CCCC1. The molecule has 1 aromatic heterocycles. The van der Waals surface area contributed by atoms with Crippen LogP contribution in [-0.2, 0) is 9.59 Å². The van der Waals surface area contributed by atoms with E-state index in [0.29, 0.717) is 29.3 Å². The quantitative estimate of drug-likeness (QED) is 0.359. The molecule has 7 nitrogen and oxygen atoms in total. The van der Waals surface area contributed by atoms with Gasteiger partial charge in [-0.15, -0.1) is 0 Å². The van der Waals surface area contributed by atoms with Gasteiger partial charge in [0.15, 0.2) is 5.16 Å². The van der Waals surface area contributed by atoms with Crippen molar-refractivity contribution in [2.75, 3.05) is 30.3 Å². The minimum absolute atomic E-state index is 0.0102. The maximum absolute atomic E-state index is 12.8. The van der Waals surface area contributed by atoms with Gasteiger partial charge in [-0.25, -0.2) is 9.97 Å². The van der Waals surface area contributed by atoms with Crippen molar-refractivity contribution in [2.24, 2.45) is 5.92 Å². The Morgan fingerprint density at radius 2 is 1.97 bits per heavy atom. The molecule has 1 atom stereocenters. The summed E-state index contributed by atoms with van der Waals surface area (Å²) in [6, 6.07) is 2.24. The predicted molar refractivity (Wildman–Crippen MR) is 124 cm³/mol. The van der Waals surface area contributed by atoms with Crippen molar-refractivity contribution in [1.82, 2.24) is 20.2 Å². The van der Waals surface area contributed by atoms with E-state index in [1.807, 2.05) is 4.90 Å². The molecular weight excluding hydrogens is 434 g/mol. The van der Waals surface area contributed by atoms with E-state index in [2.05, 4.69) is 27.1 Å². The summed E-state index contributed by atoms with van der Waals surface area (Å²) in [5.74, 6) is 2.07. The Morgan fingerprint density at radius 3 is 2.68 bits per heavy atom. The Morgan fingerprint density at radius 1 is 1.19 bits per heavy atom. The van der Waals surface area contributed by atoms with Gasteiger partial charge in [0.1, 0.15) is 11.0 Å². The number of nitrogens with zero attached hydrogens (tertiary/aromatic N) is 4. The average molecular weight is 466 g/mol. The Bertz CT molecular complexity index is 800. The van der Waals surface area contributed by atoms with Crippen LogP contribution >= 0.6 is 23.4 Å². The van der Waals surface area contributed by atoms with E-state index < -0.39 is 0 Å². The predicted octanol–water partition coefficient (Wildman–Crippen LogP) is 3.51. The van der Waals surface area contributed by atoms with Gasteiger partial charge in [0.25, 0.3) is 0 Å². The second kappa shape index (κ2) is 10.4. The lowest BCUT2D eigenvalue weighted by molar-refractivity contribution is -0.134. The van der Waals surface area contributed by atoms with Crippen LogP contribution in [0.3, 0.4) is 0 Å². The van der Waals surface area contributed by atoms with Crippen molar-refractivity contribution in [3.8, 4) is 0 Å². The van der Waals surface area contributed by atoms with E-state index >= 15 is 0 Å². The highest BCUT2D eigenvalue weighted by Crippen LogP contribution is 2.29. The number of hydrogen-bond acceptors (Lipinski definition) is 6. The number of anilines is 1. The molecule has 1 aromatic rings. The van der Waals surface area contributed by atoms with E-state index in [1.54, 1.807) is 6.07 Å². The second-order valence-corrected chi connectivity index (χ2v) is 10.4. The molecule has 3 fully saturated rings. The normalized spacial score (nSPS) is 22.1. The van der Waals surface area contributed by atoms with Crippen LogP contribution in [0.5, 0.6) is 0 Å². The fraction of sp³-hybridized carbons (Fsp3) is 0.727. The third-order valence-electron chi connectivity index (χ3n) is 6.45. The van der Waals surface area contributed by atoms with Gasteiger partial charge in [-0.05, 0) is 32.1 Å². The highest BCUT2D eigenvalue weighted by atomic mass is 35.5. The van der Waals surface area contributed by atoms with Crippen LogP contribution in [-0.4, -0.2) is 64.2 Å². The van der Waals surface area contributed by atoms with Crippen LogP contribution in [0.1, 0.15) is 58.3 Å². The molecule has 2 aliphatic carbocycles. The van der Waals surface area contributed by atoms with Crippen LogP contribution in [0.4, 0.5) is 5.82 Å². The number of carbonyl (C=O) groups is 2. The summed E-state index contributed by atoms with van der Waals surface area (Å²) >= 11 is 7.55. The standard InChI is InChI=1S/C22H32ClN5O2S/c1-15-13-27(10-11-28(15)21(30)9-6-16-4-2-3-5-16)19-12-18(23)25-22(26-19)31-14-20(29)24-17-7-8-17/h12,15-17H,2-11,13-14H2,1H3,(H,24,29). The molecule has 0 radical (unpaired) electrons. The highest BCUT2D eigenvalue weighted by molar-refractivity contribution is 7.99. The smallest absolute Gasteiger partial charge is 0.230 e. The minimum atomic E-state index is 0.0102. The average Bonchev–Trinajstić information content (AvgIpc) is 3.40. The number of hydrogen-bond donors (Lipinski definition) is 1. The largest absolute Gasteiger partial charge is 0.353 e. The van der Waals surface area contributed by atoms with Crippen LogP contribution < -0.4 is 10.2 Å². The Hall–Kier alpha value is -1.54. The zero-order chi connectivity index (χ0) is 21.8. The fourth-order valence-electron chi connectivity index (χ4n) is 4.55. The molecule has 4 rings (SSSR count). The first-order chi connectivity index (χ1) is 15.0. The molecule has 2 amide bonds. The molecule has 0 spiro atoms. The monoisotopic (exact) mass is 465 g/mol. The van der Waals surface area contributed by atoms with Gasteiger partial charge in [0.05, 0.1) is 5.75 Å². The molecule has 1 unspecified atom stereocenters. The first-order valence-electron chi connectivity index (χ1n) is 11.5. The van der Waals surface area contributed by atoms with Crippen LogP contribution in [0.15, 0.2) is 11.2 Å². The third-order valence-corrected chi connectivity index (χ3v) is 7.49. The van der Waals surface area contributed by atoms with E-state index in [9.17, 15) is 9.59 Å². The second-order valence-electron chi connectivity index (χ2n) is 9.03.